The molecule has 2 bridgehead atoms. The standard InChI is InChI=1S/C9H16N2O/c1-8(2)6-3-4-9(8,5-6)7(12)11-10/h6H,3-5,10H2,1-2H3,(H,11,12)/t6-,9+/m0/s1. The molecule has 3 N–H and O–H groups in total. The van der Waals surface area contributed by atoms with Gasteiger partial charge in [-0.3, -0.25) is 10.2 Å². The van der Waals surface area contributed by atoms with Crippen LogP contribution in [-0.2, 0) is 4.79 Å². The first-order chi connectivity index (χ1) is 5.54. The zero-order chi connectivity index (χ0) is 8.98. The van der Waals surface area contributed by atoms with E-state index in [1.54, 1.807) is 0 Å². The van der Waals surface area contributed by atoms with E-state index in [0.29, 0.717) is 0 Å². The second-order valence-corrected chi connectivity index (χ2v) is 4.72. The summed E-state index contributed by atoms with van der Waals surface area (Å²) in [6.45, 7) is 4.37. The SMILES string of the molecule is CC1(C)[C@H]2CC[C@]1(C(=O)NN)C2. The Morgan fingerprint density at radius 2 is 2.25 bits per heavy atom. The Morgan fingerprint density at radius 3 is 2.58 bits per heavy atom. The first kappa shape index (κ1) is 8.05. The third kappa shape index (κ3) is 0.600. The van der Waals surface area contributed by atoms with Crippen molar-refractivity contribution in [2.75, 3.05) is 0 Å². The number of fused-ring (bicyclic) bond motifs is 1. The van der Waals surface area contributed by atoms with E-state index < -0.39 is 0 Å². The quantitative estimate of drug-likeness (QED) is 0.346. The molecule has 2 atom stereocenters. The molecule has 3 fully saturated rings. The molecule has 0 heterocycles. The van der Waals surface area contributed by atoms with E-state index in [1.807, 2.05) is 0 Å². The molecule has 3 aliphatic carbocycles. The van der Waals surface area contributed by atoms with E-state index in [2.05, 4.69) is 19.3 Å². The van der Waals surface area contributed by atoms with Gasteiger partial charge < -0.3 is 0 Å². The molecule has 0 aliphatic heterocycles. The molecule has 0 aromatic carbocycles. The Hall–Kier alpha value is -0.570. The van der Waals surface area contributed by atoms with Gasteiger partial charge in [-0.1, -0.05) is 13.8 Å². The maximum atomic E-state index is 11.6. The first-order valence-electron chi connectivity index (χ1n) is 4.56. The van der Waals surface area contributed by atoms with Gasteiger partial charge in [-0.15, -0.1) is 0 Å². The van der Waals surface area contributed by atoms with Gasteiger partial charge in [0.25, 0.3) is 0 Å². The molecule has 3 heteroatoms. The molecule has 1 amide bonds. The van der Waals surface area contributed by atoms with Gasteiger partial charge in [-0.2, -0.15) is 0 Å². The highest BCUT2D eigenvalue weighted by atomic mass is 16.2. The van der Waals surface area contributed by atoms with Crippen LogP contribution in [0.3, 0.4) is 0 Å². The highest BCUT2D eigenvalue weighted by Crippen LogP contribution is 2.70. The van der Waals surface area contributed by atoms with Crippen LogP contribution >= 0.6 is 0 Å². The smallest absolute Gasteiger partial charge is 0.240 e. The molecule has 0 aromatic heterocycles. The van der Waals surface area contributed by atoms with Crippen molar-refractivity contribution in [1.82, 2.24) is 5.43 Å². The predicted molar refractivity (Wildman–Crippen MR) is 45.9 cm³/mol. The summed E-state index contributed by atoms with van der Waals surface area (Å²) in [7, 11) is 0. The molecular formula is C9H16N2O. The predicted octanol–water partition coefficient (Wildman–Crippen LogP) is 0.803. The number of carbonyl (C=O) groups is 1. The molecule has 0 saturated heterocycles. The van der Waals surface area contributed by atoms with Crippen molar-refractivity contribution in [2.24, 2.45) is 22.6 Å². The molecule has 3 rings (SSSR count). The van der Waals surface area contributed by atoms with E-state index in [4.69, 9.17) is 5.84 Å². The topological polar surface area (TPSA) is 55.1 Å². The zero-order valence-corrected chi connectivity index (χ0v) is 7.68. The van der Waals surface area contributed by atoms with E-state index in [9.17, 15) is 4.79 Å². The second kappa shape index (κ2) is 2.02. The lowest BCUT2D eigenvalue weighted by molar-refractivity contribution is -0.151. The maximum Gasteiger partial charge on any atom is 0.240 e. The van der Waals surface area contributed by atoms with Gasteiger partial charge in [0.15, 0.2) is 0 Å². The van der Waals surface area contributed by atoms with Gasteiger partial charge in [0.05, 0.1) is 5.41 Å². The van der Waals surface area contributed by atoms with Gasteiger partial charge in [-0.25, -0.2) is 5.84 Å². The van der Waals surface area contributed by atoms with Crippen LogP contribution in [0.15, 0.2) is 0 Å². The molecule has 0 unspecified atom stereocenters. The van der Waals surface area contributed by atoms with Crippen molar-refractivity contribution in [3.05, 3.63) is 0 Å². The first-order valence-corrected chi connectivity index (χ1v) is 4.56. The Labute approximate surface area is 72.7 Å². The third-order valence-electron chi connectivity index (χ3n) is 4.33. The maximum absolute atomic E-state index is 11.6. The third-order valence-corrected chi connectivity index (χ3v) is 4.33. The van der Waals surface area contributed by atoms with E-state index in [0.717, 1.165) is 18.8 Å². The number of amides is 1. The van der Waals surface area contributed by atoms with E-state index in [-0.39, 0.29) is 16.7 Å². The minimum atomic E-state index is -0.133. The van der Waals surface area contributed by atoms with E-state index >= 15 is 0 Å². The molecule has 3 aliphatic rings. The fourth-order valence-corrected chi connectivity index (χ4v) is 3.14. The minimum Gasteiger partial charge on any atom is -0.294 e. The Morgan fingerprint density at radius 1 is 1.58 bits per heavy atom. The molecule has 3 nitrogen and oxygen atoms in total. The van der Waals surface area contributed by atoms with Gasteiger partial charge in [0, 0.05) is 0 Å². The average molecular weight is 168 g/mol. The van der Waals surface area contributed by atoms with Crippen LogP contribution in [0.5, 0.6) is 0 Å². The lowest BCUT2D eigenvalue weighted by atomic mass is 9.50. The molecule has 0 spiro atoms. The van der Waals surface area contributed by atoms with E-state index in [1.165, 1.54) is 6.42 Å². The number of nitrogens with two attached hydrogens (primary N) is 1. The van der Waals surface area contributed by atoms with Crippen LogP contribution in [0, 0.1) is 16.7 Å². The number of hydrogen-bond acceptors (Lipinski definition) is 2. The van der Waals surface area contributed by atoms with Crippen molar-refractivity contribution in [2.45, 2.75) is 33.1 Å². The molecule has 0 aromatic rings. The summed E-state index contributed by atoms with van der Waals surface area (Å²) in [6, 6.07) is 0. The highest BCUT2D eigenvalue weighted by molar-refractivity contribution is 5.85. The molecular weight excluding hydrogens is 152 g/mol. The summed E-state index contributed by atoms with van der Waals surface area (Å²) in [6.07, 6.45) is 3.26. The Balaban J connectivity index is 2.29. The normalized spacial score (nSPS) is 42.1. The van der Waals surface area contributed by atoms with Crippen molar-refractivity contribution in [3.63, 3.8) is 0 Å². The number of hydrogen-bond donors (Lipinski definition) is 2. The minimum absolute atomic E-state index is 0.0428. The van der Waals surface area contributed by atoms with Crippen LogP contribution in [0.2, 0.25) is 0 Å². The Kier molecular flexibility index (Phi) is 1.35. The van der Waals surface area contributed by atoms with Gasteiger partial charge in [0.2, 0.25) is 5.91 Å². The number of hydrazine groups is 1. The van der Waals surface area contributed by atoms with Crippen LogP contribution in [-0.4, -0.2) is 5.91 Å². The van der Waals surface area contributed by atoms with Gasteiger partial charge in [-0.05, 0) is 30.6 Å². The molecule has 3 saturated carbocycles. The van der Waals surface area contributed by atoms with Crippen LogP contribution in [0.1, 0.15) is 33.1 Å². The number of carbonyl (C=O) groups excluding carboxylic acids is 1. The summed E-state index contributed by atoms with van der Waals surface area (Å²) >= 11 is 0. The highest BCUT2D eigenvalue weighted by Gasteiger charge is 2.68. The molecule has 68 valence electrons. The largest absolute Gasteiger partial charge is 0.294 e. The van der Waals surface area contributed by atoms with Crippen LogP contribution in [0.25, 0.3) is 0 Å². The van der Waals surface area contributed by atoms with Crippen molar-refractivity contribution in [3.8, 4) is 0 Å². The van der Waals surface area contributed by atoms with Gasteiger partial charge in [0.1, 0.15) is 0 Å². The van der Waals surface area contributed by atoms with Crippen molar-refractivity contribution < 1.29 is 4.79 Å². The summed E-state index contributed by atoms with van der Waals surface area (Å²) < 4.78 is 0. The number of rotatable bonds is 1. The monoisotopic (exact) mass is 168 g/mol. The van der Waals surface area contributed by atoms with Crippen molar-refractivity contribution >= 4 is 5.91 Å². The molecule has 0 radical (unpaired) electrons. The summed E-state index contributed by atoms with van der Waals surface area (Å²) in [5, 5.41) is 0. The summed E-state index contributed by atoms with van der Waals surface area (Å²) in [5.41, 5.74) is 2.35. The molecule has 12 heavy (non-hydrogen) atoms. The van der Waals surface area contributed by atoms with Crippen molar-refractivity contribution in [1.29, 1.82) is 0 Å². The fourth-order valence-electron chi connectivity index (χ4n) is 3.14. The Bertz CT molecular complexity index is 233. The lowest BCUT2D eigenvalue weighted by Gasteiger charge is -2.53. The lowest BCUT2D eigenvalue weighted by Crippen LogP contribution is -2.58. The van der Waals surface area contributed by atoms with Crippen LogP contribution < -0.4 is 11.3 Å². The second-order valence-electron chi connectivity index (χ2n) is 4.72. The zero-order valence-electron chi connectivity index (χ0n) is 7.68. The fraction of sp³-hybridized carbons (Fsp3) is 0.889. The van der Waals surface area contributed by atoms with Crippen LogP contribution in [0.4, 0.5) is 0 Å². The summed E-state index contributed by atoms with van der Waals surface area (Å²) in [5.74, 6) is 5.97. The number of nitrogens with one attached hydrogen (secondary N) is 1. The average Bonchev–Trinajstić information content (AvgIpc) is 2.58. The van der Waals surface area contributed by atoms with Gasteiger partial charge >= 0.3 is 0 Å². The summed E-state index contributed by atoms with van der Waals surface area (Å²) in [4.78, 5) is 11.6.